The second kappa shape index (κ2) is 8.27. The first kappa shape index (κ1) is 14.5. The standard InChI is InChI=1S/C14H26N4O/c19-9-5-1-2-7-14-12-18(17-16-14)11-13-6-3-4-8-15-10-13/h12-13,15,19H,1-11H2. The van der Waals surface area contributed by atoms with Gasteiger partial charge in [0.15, 0.2) is 0 Å². The average molecular weight is 266 g/mol. The molecule has 1 aliphatic heterocycles. The van der Waals surface area contributed by atoms with Crippen LogP contribution in [0.1, 0.15) is 44.2 Å². The van der Waals surface area contributed by atoms with Crippen LogP contribution in [0.15, 0.2) is 6.20 Å². The van der Waals surface area contributed by atoms with Gasteiger partial charge in [-0.2, -0.15) is 0 Å². The van der Waals surface area contributed by atoms with Gasteiger partial charge in [-0.25, -0.2) is 0 Å². The molecule has 1 aliphatic rings. The van der Waals surface area contributed by atoms with E-state index in [1.54, 1.807) is 0 Å². The lowest BCUT2D eigenvalue weighted by Crippen LogP contribution is -2.24. The summed E-state index contributed by atoms with van der Waals surface area (Å²) in [4.78, 5) is 0. The first-order chi connectivity index (χ1) is 9.38. The maximum atomic E-state index is 8.73. The molecule has 1 fully saturated rings. The van der Waals surface area contributed by atoms with E-state index in [-0.39, 0.29) is 0 Å². The molecule has 0 spiro atoms. The zero-order chi connectivity index (χ0) is 13.3. The number of unbranched alkanes of at least 4 members (excludes halogenated alkanes) is 2. The lowest BCUT2D eigenvalue weighted by molar-refractivity contribution is 0.283. The first-order valence-electron chi connectivity index (χ1n) is 7.59. The third kappa shape index (κ3) is 5.28. The van der Waals surface area contributed by atoms with Gasteiger partial charge in [0, 0.05) is 19.3 Å². The number of aromatic nitrogens is 3. The third-order valence-corrected chi connectivity index (χ3v) is 3.77. The second-order valence-corrected chi connectivity index (χ2v) is 5.53. The fourth-order valence-corrected chi connectivity index (χ4v) is 2.65. The molecule has 0 aromatic carbocycles. The van der Waals surface area contributed by atoms with E-state index < -0.39 is 0 Å². The van der Waals surface area contributed by atoms with Crippen LogP contribution in [0.2, 0.25) is 0 Å². The molecule has 1 saturated heterocycles. The maximum absolute atomic E-state index is 8.73. The van der Waals surface area contributed by atoms with Gasteiger partial charge < -0.3 is 10.4 Å². The number of nitrogens with zero attached hydrogens (tertiary/aromatic N) is 3. The highest BCUT2D eigenvalue weighted by molar-refractivity contribution is 4.92. The summed E-state index contributed by atoms with van der Waals surface area (Å²) in [7, 11) is 0. The summed E-state index contributed by atoms with van der Waals surface area (Å²) in [6, 6.07) is 0. The van der Waals surface area contributed by atoms with Crippen molar-refractivity contribution in [1.82, 2.24) is 20.3 Å². The van der Waals surface area contributed by atoms with Gasteiger partial charge >= 0.3 is 0 Å². The van der Waals surface area contributed by atoms with Crippen LogP contribution in [0.5, 0.6) is 0 Å². The molecule has 1 aromatic heterocycles. The Hall–Kier alpha value is -0.940. The molecule has 2 rings (SSSR count). The highest BCUT2D eigenvalue weighted by Gasteiger charge is 2.13. The number of nitrogens with one attached hydrogen (secondary N) is 1. The fourth-order valence-electron chi connectivity index (χ4n) is 2.65. The molecule has 0 amide bonds. The van der Waals surface area contributed by atoms with E-state index in [0.717, 1.165) is 51.0 Å². The summed E-state index contributed by atoms with van der Waals surface area (Å²) >= 11 is 0. The predicted octanol–water partition coefficient (Wildman–Crippen LogP) is 1.37. The van der Waals surface area contributed by atoms with Crippen molar-refractivity contribution in [2.75, 3.05) is 19.7 Å². The smallest absolute Gasteiger partial charge is 0.0827 e. The Morgan fingerprint density at radius 2 is 2.26 bits per heavy atom. The van der Waals surface area contributed by atoms with E-state index in [0.29, 0.717) is 12.5 Å². The zero-order valence-corrected chi connectivity index (χ0v) is 11.7. The third-order valence-electron chi connectivity index (χ3n) is 3.77. The summed E-state index contributed by atoms with van der Waals surface area (Å²) < 4.78 is 2.00. The molecule has 0 radical (unpaired) electrons. The number of aryl methyl sites for hydroxylation is 1. The first-order valence-corrected chi connectivity index (χ1v) is 7.59. The molecule has 5 heteroatoms. The Morgan fingerprint density at radius 3 is 3.16 bits per heavy atom. The lowest BCUT2D eigenvalue weighted by atomic mass is 10.0. The van der Waals surface area contributed by atoms with Gasteiger partial charge in [-0.05, 0) is 51.1 Å². The molecule has 2 heterocycles. The highest BCUT2D eigenvalue weighted by Crippen LogP contribution is 2.13. The molecule has 19 heavy (non-hydrogen) atoms. The summed E-state index contributed by atoms with van der Waals surface area (Å²) in [5, 5.41) is 20.7. The summed E-state index contributed by atoms with van der Waals surface area (Å²) in [5.74, 6) is 0.687. The topological polar surface area (TPSA) is 63.0 Å². The van der Waals surface area contributed by atoms with Gasteiger partial charge in [0.25, 0.3) is 0 Å². The molecule has 0 bridgehead atoms. The summed E-state index contributed by atoms with van der Waals surface area (Å²) in [6.45, 7) is 3.54. The van der Waals surface area contributed by atoms with Gasteiger partial charge in [-0.3, -0.25) is 4.68 Å². The monoisotopic (exact) mass is 266 g/mol. The molecule has 1 unspecified atom stereocenters. The van der Waals surface area contributed by atoms with Gasteiger partial charge in [-0.1, -0.05) is 18.1 Å². The lowest BCUT2D eigenvalue weighted by Gasteiger charge is -2.13. The number of aliphatic hydroxyl groups is 1. The van der Waals surface area contributed by atoms with E-state index >= 15 is 0 Å². The van der Waals surface area contributed by atoms with E-state index in [1.807, 2.05) is 4.68 Å². The quantitative estimate of drug-likeness (QED) is 0.732. The fraction of sp³-hybridized carbons (Fsp3) is 0.857. The van der Waals surface area contributed by atoms with Crippen molar-refractivity contribution in [1.29, 1.82) is 0 Å². The van der Waals surface area contributed by atoms with Crippen LogP contribution in [-0.4, -0.2) is 39.8 Å². The van der Waals surface area contributed by atoms with Crippen LogP contribution < -0.4 is 5.32 Å². The number of aliphatic hydroxyl groups excluding tert-OH is 1. The molecule has 0 saturated carbocycles. The van der Waals surface area contributed by atoms with Crippen molar-refractivity contribution >= 4 is 0 Å². The van der Waals surface area contributed by atoms with E-state index in [4.69, 9.17) is 5.11 Å². The Balaban J connectivity index is 1.73. The largest absolute Gasteiger partial charge is 0.396 e. The van der Waals surface area contributed by atoms with E-state index in [2.05, 4.69) is 21.8 Å². The Morgan fingerprint density at radius 1 is 1.32 bits per heavy atom. The van der Waals surface area contributed by atoms with E-state index in [1.165, 1.54) is 19.3 Å². The normalized spacial score (nSPS) is 20.4. The van der Waals surface area contributed by atoms with E-state index in [9.17, 15) is 0 Å². The van der Waals surface area contributed by atoms with Gasteiger partial charge in [0.2, 0.25) is 0 Å². The molecular weight excluding hydrogens is 240 g/mol. The minimum absolute atomic E-state index is 0.293. The van der Waals surface area contributed by atoms with Crippen molar-refractivity contribution in [2.45, 2.75) is 51.5 Å². The van der Waals surface area contributed by atoms with Crippen LogP contribution in [0.25, 0.3) is 0 Å². The summed E-state index contributed by atoms with van der Waals surface area (Å²) in [6.07, 6.45) is 10.0. The SMILES string of the molecule is OCCCCCc1cn(CC2CCCCNC2)nn1. The van der Waals surface area contributed by atoms with Crippen molar-refractivity contribution in [3.05, 3.63) is 11.9 Å². The number of hydrogen-bond donors (Lipinski definition) is 2. The molecule has 1 atom stereocenters. The van der Waals surface area contributed by atoms with Crippen molar-refractivity contribution < 1.29 is 5.11 Å². The van der Waals surface area contributed by atoms with Gasteiger partial charge in [-0.15, -0.1) is 5.10 Å². The van der Waals surface area contributed by atoms with Crippen LogP contribution >= 0.6 is 0 Å². The molecule has 5 nitrogen and oxygen atoms in total. The zero-order valence-electron chi connectivity index (χ0n) is 11.7. The van der Waals surface area contributed by atoms with Gasteiger partial charge in [0.1, 0.15) is 0 Å². The molecule has 0 aliphatic carbocycles. The Kier molecular flexibility index (Phi) is 6.30. The van der Waals surface area contributed by atoms with Crippen molar-refractivity contribution in [3.8, 4) is 0 Å². The van der Waals surface area contributed by atoms with Crippen molar-refractivity contribution in [2.24, 2.45) is 5.92 Å². The molecular formula is C14H26N4O. The number of rotatable bonds is 7. The second-order valence-electron chi connectivity index (χ2n) is 5.53. The maximum Gasteiger partial charge on any atom is 0.0827 e. The minimum atomic E-state index is 0.293. The Bertz CT molecular complexity index is 345. The van der Waals surface area contributed by atoms with Crippen LogP contribution in [0, 0.1) is 5.92 Å². The minimum Gasteiger partial charge on any atom is -0.396 e. The Labute approximate surface area is 115 Å². The van der Waals surface area contributed by atoms with Crippen LogP contribution in [0.3, 0.4) is 0 Å². The molecule has 1 aromatic rings. The molecule has 2 N–H and O–H groups in total. The highest BCUT2D eigenvalue weighted by atomic mass is 16.2. The summed E-state index contributed by atoms with van der Waals surface area (Å²) in [5.41, 5.74) is 1.08. The average Bonchev–Trinajstić information content (AvgIpc) is 2.69. The van der Waals surface area contributed by atoms with Crippen LogP contribution in [-0.2, 0) is 13.0 Å². The van der Waals surface area contributed by atoms with Gasteiger partial charge in [0.05, 0.1) is 5.69 Å². The predicted molar refractivity (Wildman–Crippen MR) is 74.9 cm³/mol. The van der Waals surface area contributed by atoms with Crippen LogP contribution in [0.4, 0.5) is 0 Å². The number of hydrogen-bond acceptors (Lipinski definition) is 4. The molecule has 108 valence electrons. The van der Waals surface area contributed by atoms with Crippen molar-refractivity contribution in [3.63, 3.8) is 0 Å².